The minimum Gasteiger partial charge on any atom is -0.496 e. The Morgan fingerprint density at radius 3 is 1.43 bits per heavy atom. The van der Waals surface area contributed by atoms with Crippen LogP contribution in [0.4, 0.5) is 22.7 Å². The van der Waals surface area contributed by atoms with Crippen LogP contribution in [0, 0.1) is 13.8 Å². The molecule has 0 aromatic heterocycles. The van der Waals surface area contributed by atoms with Crippen LogP contribution in [0.1, 0.15) is 49.9 Å². The molecule has 5 aromatic carbocycles. The standard InChI is InChI=1S/C42H48N2O2/c1-9-31-17-13-15-19-38(31)43(11-3)33-21-23-35(29(5)27-33)37-25-26-40(45-7)41(42(37)46-8)36-24-22-34(28-30(36)6)44(12-4)39-20-16-14-18-32(39)10-2/h13-28H,9-12H2,1-8H3. The summed E-state index contributed by atoms with van der Waals surface area (Å²) in [5.41, 5.74) is 14.2. The molecule has 0 atom stereocenters. The Balaban J connectivity index is 1.58. The lowest BCUT2D eigenvalue weighted by Crippen LogP contribution is -2.17. The van der Waals surface area contributed by atoms with Gasteiger partial charge in [0.15, 0.2) is 0 Å². The van der Waals surface area contributed by atoms with Gasteiger partial charge in [0.1, 0.15) is 11.5 Å². The van der Waals surface area contributed by atoms with Gasteiger partial charge in [-0.3, -0.25) is 0 Å². The Kier molecular flexibility index (Phi) is 10.4. The van der Waals surface area contributed by atoms with Crippen LogP contribution in [-0.4, -0.2) is 27.3 Å². The van der Waals surface area contributed by atoms with Crippen LogP contribution in [0.2, 0.25) is 0 Å². The van der Waals surface area contributed by atoms with Gasteiger partial charge in [0.2, 0.25) is 0 Å². The van der Waals surface area contributed by atoms with Crippen molar-refractivity contribution in [3.05, 3.63) is 119 Å². The molecule has 0 amide bonds. The van der Waals surface area contributed by atoms with Crippen LogP contribution in [0.3, 0.4) is 0 Å². The zero-order chi connectivity index (χ0) is 32.8. The molecular formula is C42H48N2O2. The maximum absolute atomic E-state index is 6.23. The van der Waals surface area contributed by atoms with Gasteiger partial charge in [-0.1, -0.05) is 62.4 Å². The maximum Gasteiger partial charge on any atom is 0.138 e. The second kappa shape index (κ2) is 14.6. The Labute approximate surface area is 276 Å². The minimum atomic E-state index is 0.794. The van der Waals surface area contributed by atoms with Crippen molar-refractivity contribution in [1.29, 1.82) is 0 Å². The molecule has 0 unspecified atom stereocenters. The van der Waals surface area contributed by atoms with Crippen LogP contribution in [0.25, 0.3) is 22.3 Å². The summed E-state index contributed by atoms with van der Waals surface area (Å²) >= 11 is 0. The van der Waals surface area contributed by atoms with E-state index in [-0.39, 0.29) is 0 Å². The lowest BCUT2D eigenvalue weighted by atomic mass is 9.91. The quantitative estimate of drug-likeness (QED) is 0.140. The summed E-state index contributed by atoms with van der Waals surface area (Å²) in [6, 6.07) is 35.0. The lowest BCUT2D eigenvalue weighted by Gasteiger charge is -2.27. The predicted octanol–water partition coefficient (Wildman–Crippen LogP) is 11.1. The molecule has 0 spiro atoms. The molecule has 0 saturated heterocycles. The summed E-state index contributed by atoms with van der Waals surface area (Å²) < 4.78 is 12.2. The van der Waals surface area contributed by atoms with E-state index < -0.39 is 0 Å². The largest absolute Gasteiger partial charge is 0.496 e. The van der Waals surface area contributed by atoms with Crippen LogP contribution < -0.4 is 19.3 Å². The molecule has 0 heterocycles. The molecule has 5 rings (SSSR count). The summed E-state index contributed by atoms with van der Waals surface area (Å²) in [6.07, 6.45) is 1.99. The molecule has 0 bridgehead atoms. The van der Waals surface area contributed by atoms with Gasteiger partial charge in [0.05, 0.1) is 19.8 Å². The van der Waals surface area contributed by atoms with Crippen LogP contribution in [-0.2, 0) is 12.8 Å². The molecule has 4 heteroatoms. The van der Waals surface area contributed by atoms with E-state index in [4.69, 9.17) is 9.47 Å². The Hall–Kier alpha value is -4.70. The molecule has 0 radical (unpaired) electrons. The van der Waals surface area contributed by atoms with Gasteiger partial charge in [-0.25, -0.2) is 0 Å². The second-order valence-corrected chi connectivity index (χ2v) is 11.7. The van der Waals surface area contributed by atoms with Gasteiger partial charge in [0.25, 0.3) is 0 Å². The fourth-order valence-corrected chi connectivity index (χ4v) is 6.76. The van der Waals surface area contributed by atoms with Crippen molar-refractivity contribution in [2.45, 2.75) is 54.4 Å². The number of aryl methyl sites for hydroxylation is 4. The fraction of sp³-hybridized carbons (Fsp3) is 0.286. The molecular weight excluding hydrogens is 564 g/mol. The van der Waals surface area contributed by atoms with Crippen molar-refractivity contribution in [3.8, 4) is 33.8 Å². The first-order chi connectivity index (χ1) is 22.4. The number of methoxy groups -OCH3 is 2. The molecule has 0 fully saturated rings. The van der Waals surface area contributed by atoms with Gasteiger partial charge in [-0.15, -0.1) is 0 Å². The molecule has 0 aliphatic rings. The number of para-hydroxylation sites is 2. The Morgan fingerprint density at radius 2 is 1.00 bits per heavy atom. The van der Waals surface area contributed by atoms with Crippen molar-refractivity contribution in [1.82, 2.24) is 0 Å². The molecule has 0 aliphatic heterocycles. The molecule has 5 aromatic rings. The number of benzene rings is 5. The SMILES string of the molecule is CCc1ccccc1N(CC)c1ccc(-c2ccc(OC)c(-c3ccc(N(CC)c4ccccc4CC)cc3C)c2OC)c(C)c1. The molecule has 0 aliphatic carbocycles. The first-order valence-corrected chi connectivity index (χ1v) is 16.6. The summed E-state index contributed by atoms with van der Waals surface area (Å²) in [7, 11) is 3.49. The van der Waals surface area contributed by atoms with Crippen molar-refractivity contribution in [2.75, 3.05) is 37.1 Å². The van der Waals surface area contributed by atoms with Gasteiger partial charge in [-0.2, -0.15) is 0 Å². The summed E-state index contributed by atoms with van der Waals surface area (Å²) in [5, 5.41) is 0. The van der Waals surface area contributed by atoms with E-state index in [0.29, 0.717) is 0 Å². The zero-order valence-corrected chi connectivity index (χ0v) is 28.8. The van der Waals surface area contributed by atoms with Crippen LogP contribution >= 0.6 is 0 Å². The van der Waals surface area contributed by atoms with Crippen LogP contribution in [0.5, 0.6) is 11.5 Å². The van der Waals surface area contributed by atoms with Gasteiger partial charge in [0, 0.05) is 41.4 Å². The number of ether oxygens (including phenoxy) is 2. The van der Waals surface area contributed by atoms with E-state index in [1.165, 1.54) is 45.0 Å². The van der Waals surface area contributed by atoms with Gasteiger partial charge < -0.3 is 19.3 Å². The van der Waals surface area contributed by atoms with E-state index in [2.05, 4.69) is 148 Å². The summed E-state index contributed by atoms with van der Waals surface area (Å²) in [4.78, 5) is 4.79. The van der Waals surface area contributed by atoms with Crippen molar-refractivity contribution in [2.24, 2.45) is 0 Å². The topological polar surface area (TPSA) is 24.9 Å². The van der Waals surface area contributed by atoms with E-state index >= 15 is 0 Å². The third-order valence-electron chi connectivity index (χ3n) is 9.11. The Morgan fingerprint density at radius 1 is 0.522 bits per heavy atom. The highest BCUT2D eigenvalue weighted by molar-refractivity contribution is 5.90. The third-order valence-corrected chi connectivity index (χ3v) is 9.11. The monoisotopic (exact) mass is 612 g/mol. The second-order valence-electron chi connectivity index (χ2n) is 11.7. The zero-order valence-electron chi connectivity index (χ0n) is 28.8. The molecule has 238 valence electrons. The van der Waals surface area contributed by atoms with E-state index in [1.807, 2.05) is 0 Å². The van der Waals surface area contributed by atoms with Crippen molar-refractivity contribution >= 4 is 22.7 Å². The Bertz CT molecular complexity index is 1810. The highest BCUT2D eigenvalue weighted by atomic mass is 16.5. The van der Waals surface area contributed by atoms with E-state index in [0.717, 1.165) is 59.7 Å². The maximum atomic E-state index is 6.23. The summed E-state index contributed by atoms with van der Waals surface area (Å²) in [5.74, 6) is 1.61. The molecule has 46 heavy (non-hydrogen) atoms. The van der Waals surface area contributed by atoms with E-state index in [1.54, 1.807) is 14.2 Å². The number of nitrogens with zero attached hydrogens (tertiary/aromatic N) is 2. The highest BCUT2D eigenvalue weighted by Gasteiger charge is 2.22. The van der Waals surface area contributed by atoms with Gasteiger partial charge >= 0.3 is 0 Å². The smallest absolute Gasteiger partial charge is 0.138 e. The fourth-order valence-electron chi connectivity index (χ4n) is 6.76. The average molecular weight is 613 g/mol. The number of anilines is 4. The van der Waals surface area contributed by atoms with Gasteiger partial charge in [-0.05, 0) is 122 Å². The first kappa shape index (κ1) is 32.7. The number of hydrogen-bond acceptors (Lipinski definition) is 4. The predicted molar refractivity (Wildman–Crippen MR) is 197 cm³/mol. The minimum absolute atomic E-state index is 0.794. The number of hydrogen-bond donors (Lipinski definition) is 0. The van der Waals surface area contributed by atoms with Crippen LogP contribution in [0.15, 0.2) is 97.1 Å². The van der Waals surface area contributed by atoms with Crippen molar-refractivity contribution < 1.29 is 9.47 Å². The third kappa shape index (κ3) is 6.22. The average Bonchev–Trinajstić information content (AvgIpc) is 3.09. The highest BCUT2D eigenvalue weighted by Crippen LogP contribution is 2.47. The van der Waals surface area contributed by atoms with Crippen molar-refractivity contribution in [3.63, 3.8) is 0 Å². The molecule has 0 saturated carbocycles. The molecule has 0 N–H and O–H groups in total. The normalized spacial score (nSPS) is 11.0. The number of rotatable bonds is 12. The summed E-state index contributed by atoms with van der Waals surface area (Å²) in [6.45, 7) is 15.0. The first-order valence-electron chi connectivity index (χ1n) is 16.6. The molecule has 4 nitrogen and oxygen atoms in total. The van der Waals surface area contributed by atoms with E-state index in [9.17, 15) is 0 Å². The lowest BCUT2D eigenvalue weighted by molar-refractivity contribution is 0.398.